The number of para-hydroxylation sites is 1. The number of hydrogen-bond acceptors (Lipinski definition) is 5. The Balaban J connectivity index is 1.78. The quantitative estimate of drug-likeness (QED) is 0.497. The summed E-state index contributed by atoms with van der Waals surface area (Å²) in [6.45, 7) is 4.89. The molecule has 2 aromatic heterocycles. The number of furan rings is 1. The number of rotatable bonds is 6. The average molecular weight is 382 g/mol. The molecular formula is C20H22N4O4. The first-order valence-electron chi connectivity index (χ1n) is 9.04. The molecule has 146 valence electrons. The normalized spacial score (nSPS) is 11.5. The number of aromatic hydroxyl groups is 1. The second-order valence-electron chi connectivity index (χ2n) is 6.79. The summed E-state index contributed by atoms with van der Waals surface area (Å²) in [5.74, 6) is -1.04. The minimum atomic E-state index is -1.05. The Morgan fingerprint density at radius 3 is 2.71 bits per heavy atom. The van der Waals surface area contributed by atoms with Gasteiger partial charge in [-0.15, -0.1) is 10.2 Å². The van der Waals surface area contributed by atoms with E-state index in [0.29, 0.717) is 23.6 Å². The topological polar surface area (TPSA) is 109 Å². The number of amides is 2. The van der Waals surface area contributed by atoms with Gasteiger partial charge in [-0.05, 0) is 30.5 Å². The summed E-state index contributed by atoms with van der Waals surface area (Å²) >= 11 is 0. The SMILES string of the molecule is CC(C)CCn1c(O)c(N=NC(=O)C(=O)NCc2ccco2)c2ccccc21. The van der Waals surface area contributed by atoms with Gasteiger partial charge in [0.1, 0.15) is 5.76 Å². The van der Waals surface area contributed by atoms with Crippen molar-refractivity contribution in [2.24, 2.45) is 16.1 Å². The van der Waals surface area contributed by atoms with Gasteiger partial charge in [-0.3, -0.25) is 9.59 Å². The fourth-order valence-electron chi connectivity index (χ4n) is 2.78. The highest BCUT2D eigenvalue weighted by Crippen LogP contribution is 2.39. The Labute approximate surface area is 161 Å². The lowest BCUT2D eigenvalue weighted by molar-refractivity contribution is -0.137. The van der Waals surface area contributed by atoms with Gasteiger partial charge in [0.2, 0.25) is 5.88 Å². The molecule has 2 N–H and O–H groups in total. The van der Waals surface area contributed by atoms with Crippen LogP contribution in [0, 0.1) is 5.92 Å². The van der Waals surface area contributed by atoms with Crippen molar-refractivity contribution in [3.05, 3.63) is 48.4 Å². The van der Waals surface area contributed by atoms with Crippen molar-refractivity contribution in [3.63, 3.8) is 0 Å². The maximum atomic E-state index is 12.0. The van der Waals surface area contributed by atoms with Crippen LogP contribution < -0.4 is 5.32 Å². The fourth-order valence-corrected chi connectivity index (χ4v) is 2.78. The number of nitrogens with zero attached hydrogens (tertiary/aromatic N) is 3. The van der Waals surface area contributed by atoms with E-state index in [-0.39, 0.29) is 18.1 Å². The molecule has 0 unspecified atom stereocenters. The molecule has 0 atom stereocenters. The lowest BCUT2D eigenvalue weighted by Crippen LogP contribution is -2.28. The average Bonchev–Trinajstić information content (AvgIpc) is 3.28. The Kier molecular flexibility index (Phi) is 5.88. The molecule has 0 spiro atoms. The second kappa shape index (κ2) is 8.51. The third-order valence-electron chi connectivity index (χ3n) is 4.29. The highest BCUT2D eigenvalue weighted by atomic mass is 16.3. The molecule has 0 saturated heterocycles. The van der Waals surface area contributed by atoms with Crippen molar-refractivity contribution in [1.82, 2.24) is 9.88 Å². The van der Waals surface area contributed by atoms with Crippen molar-refractivity contribution < 1.29 is 19.1 Å². The Morgan fingerprint density at radius 1 is 1.21 bits per heavy atom. The van der Waals surface area contributed by atoms with E-state index in [1.165, 1.54) is 6.26 Å². The first-order valence-corrected chi connectivity index (χ1v) is 9.04. The van der Waals surface area contributed by atoms with Gasteiger partial charge in [-0.25, -0.2) is 0 Å². The van der Waals surface area contributed by atoms with Crippen LogP contribution in [-0.2, 0) is 22.7 Å². The van der Waals surface area contributed by atoms with Crippen molar-refractivity contribution in [2.45, 2.75) is 33.4 Å². The standard InChI is InChI=1S/C20H22N4O4/c1-13(2)9-10-24-16-8-4-3-7-15(16)17(20(24)27)22-23-19(26)18(25)21-12-14-6-5-11-28-14/h3-8,11,13,27H,9-10,12H2,1-2H3,(H,21,25). The van der Waals surface area contributed by atoms with Crippen molar-refractivity contribution in [2.75, 3.05) is 0 Å². The molecule has 28 heavy (non-hydrogen) atoms. The second-order valence-corrected chi connectivity index (χ2v) is 6.79. The lowest BCUT2D eigenvalue weighted by Gasteiger charge is -2.08. The Morgan fingerprint density at radius 2 is 2.00 bits per heavy atom. The predicted molar refractivity (Wildman–Crippen MR) is 103 cm³/mol. The number of carbonyl (C=O) groups is 2. The van der Waals surface area contributed by atoms with Crippen LogP contribution in [-0.4, -0.2) is 21.5 Å². The molecule has 2 amide bonds. The summed E-state index contributed by atoms with van der Waals surface area (Å²) in [5.41, 5.74) is 0.968. The summed E-state index contributed by atoms with van der Waals surface area (Å²) in [7, 11) is 0. The van der Waals surface area contributed by atoms with Gasteiger partial charge in [0.15, 0.2) is 5.69 Å². The summed E-state index contributed by atoms with van der Waals surface area (Å²) in [5, 5.41) is 21.0. The van der Waals surface area contributed by atoms with E-state index < -0.39 is 11.8 Å². The monoisotopic (exact) mass is 382 g/mol. The van der Waals surface area contributed by atoms with Crippen molar-refractivity contribution in [3.8, 4) is 5.88 Å². The third-order valence-corrected chi connectivity index (χ3v) is 4.29. The number of aryl methyl sites for hydroxylation is 1. The smallest absolute Gasteiger partial charge is 0.353 e. The van der Waals surface area contributed by atoms with Crippen LogP contribution in [0.2, 0.25) is 0 Å². The Hall–Kier alpha value is -3.42. The maximum absolute atomic E-state index is 12.0. The van der Waals surface area contributed by atoms with Gasteiger partial charge < -0.3 is 19.4 Å². The zero-order chi connectivity index (χ0) is 20.1. The molecule has 1 aromatic carbocycles. The number of benzene rings is 1. The number of azo groups is 1. The zero-order valence-electron chi connectivity index (χ0n) is 15.8. The first kappa shape index (κ1) is 19.3. The molecule has 0 radical (unpaired) electrons. The van der Waals surface area contributed by atoms with E-state index in [9.17, 15) is 14.7 Å². The molecule has 3 aromatic rings. The van der Waals surface area contributed by atoms with Gasteiger partial charge in [-0.2, -0.15) is 0 Å². The number of hydrogen-bond donors (Lipinski definition) is 2. The molecule has 0 aliphatic rings. The van der Waals surface area contributed by atoms with Crippen LogP contribution in [0.25, 0.3) is 10.9 Å². The summed E-state index contributed by atoms with van der Waals surface area (Å²) in [6.07, 6.45) is 2.35. The molecule has 0 aliphatic carbocycles. The van der Waals surface area contributed by atoms with Crippen LogP contribution >= 0.6 is 0 Å². The minimum absolute atomic E-state index is 0.0746. The van der Waals surface area contributed by atoms with Crippen molar-refractivity contribution in [1.29, 1.82) is 0 Å². The molecule has 2 heterocycles. The number of aromatic nitrogens is 1. The van der Waals surface area contributed by atoms with E-state index in [1.807, 2.05) is 18.2 Å². The summed E-state index contributed by atoms with van der Waals surface area (Å²) in [6, 6.07) is 10.7. The van der Waals surface area contributed by atoms with Crippen molar-refractivity contribution >= 4 is 28.4 Å². The van der Waals surface area contributed by atoms with Gasteiger partial charge in [0.05, 0.1) is 18.3 Å². The molecule has 0 bridgehead atoms. The van der Waals surface area contributed by atoms with Gasteiger partial charge in [-0.1, -0.05) is 32.0 Å². The number of carbonyl (C=O) groups excluding carboxylic acids is 2. The first-order chi connectivity index (χ1) is 13.5. The summed E-state index contributed by atoms with van der Waals surface area (Å²) < 4.78 is 6.82. The van der Waals surface area contributed by atoms with Crippen LogP contribution in [0.3, 0.4) is 0 Å². The molecule has 0 saturated carbocycles. The highest BCUT2D eigenvalue weighted by molar-refractivity contribution is 6.35. The van der Waals surface area contributed by atoms with E-state index in [4.69, 9.17) is 4.42 Å². The van der Waals surface area contributed by atoms with Crippen LogP contribution in [0.5, 0.6) is 5.88 Å². The van der Waals surface area contributed by atoms with Crippen LogP contribution in [0.15, 0.2) is 57.3 Å². The lowest BCUT2D eigenvalue weighted by atomic mass is 10.1. The van der Waals surface area contributed by atoms with E-state index in [0.717, 1.165) is 11.9 Å². The molecular weight excluding hydrogens is 360 g/mol. The highest BCUT2D eigenvalue weighted by Gasteiger charge is 2.18. The van der Waals surface area contributed by atoms with Crippen LogP contribution in [0.1, 0.15) is 26.0 Å². The van der Waals surface area contributed by atoms with Gasteiger partial charge in [0.25, 0.3) is 0 Å². The van der Waals surface area contributed by atoms with E-state index in [2.05, 4.69) is 29.4 Å². The molecule has 8 nitrogen and oxygen atoms in total. The van der Waals surface area contributed by atoms with E-state index in [1.54, 1.807) is 22.8 Å². The zero-order valence-corrected chi connectivity index (χ0v) is 15.8. The van der Waals surface area contributed by atoms with Gasteiger partial charge >= 0.3 is 11.8 Å². The van der Waals surface area contributed by atoms with Gasteiger partial charge in [0, 0.05) is 11.9 Å². The molecule has 8 heteroatoms. The minimum Gasteiger partial charge on any atom is -0.493 e. The predicted octanol–water partition coefficient (Wildman–Crippen LogP) is 3.91. The largest absolute Gasteiger partial charge is 0.493 e. The molecule has 3 rings (SSSR count). The van der Waals surface area contributed by atoms with Crippen LogP contribution in [0.4, 0.5) is 5.69 Å². The number of nitrogens with one attached hydrogen (secondary N) is 1. The maximum Gasteiger partial charge on any atom is 0.353 e. The molecule has 0 aliphatic heterocycles. The molecule has 0 fully saturated rings. The Bertz CT molecular complexity index is 1000. The third kappa shape index (κ3) is 4.28. The summed E-state index contributed by atoms with van der Waals surface area (Å²) in [4.78, 5) is 23.8. The fraction of sp³-hybridized carbons (Fsp3) is 0.300. The van der Waals surface area contributed by atoms with E-state index >= 15 is 0 Å². The number of fused-ring (bicyclic) bond motifs is 1.